The molecule has 0 unspecified atom stereocenters. The highest BCUT2D eigenvalue weighted by Gasteiger charge is 2.10. The van der Waals surface area contributed by atoms with Crippen molar-refractivity contribution in [1.29, 1.82) is 0 Å². The van der Waals surface area contributed by atoms with E-state index in [2.05, 4.69) is 10.3 Å². The van der Waals surface area contributed by atoms with Crippen molar-refractivity contribution in [3.63, 3.8) is 0 Å². The van der Waals surface area contributed by atoms with Crippen LogP contribution in [-0.4, -0.2) is 16.7 Å². The molecule has 0 saturated carbocycles. The average molecular weight is 377 g/mol. The van der Waals surface area contributed by atoms with Gasteiger partial charge in [0, 0.05) is 23.7 Å². The van der Waals surface area contributed by atoms with Gasteiger partial charge in [0.15, 0.2) is 5.78 Å². The number of Topliss-reactive ketones (excluding diaryl/α,β-unsaturated/α-hetero) is 1. The van der Waals surface area contributed by atoms with Crippen LogP contribution in [0.1, 0.15) is 54.6 Å². The van der Waals surface area contributed by atoms with Gasteiger partial charge < -0.3 is 16.0 Å². The van der Waals surface area contributed by atoms with E-state index in [0.717, 1.165) is 42.1 Å². The van der Waals surface area contributed by atoms with Crippen molar-refractivity contribution in [2.45, 2.75) is 45.4 Å². The first-order chi connectivity index (χ1) is 13.5. The smallest absolute Gasteiger partial charge is 0.224 e. The molecular weight excluding hydrogens is 350 g/mol. The number of nitrogens with one attached hydrogen (secondary N) is 2. The molecule has 0 aliphatic heterocycles. The van der Waals surface area contributed by atoms with Crippen molar-refractivity contribution in [3.8, 4) is 0 Å². The summed E-state index contributed by atoms with van der Waals surface area (Å²) in [4.78, 5) is 27.6. The van der Waals surface area contributed by atoms with Gasteiger partial charge in [0.25, 0.3) is 0 Å². The van der Waals surface area contributed by atoms with Crippen molar-refractivity contribution in [2.24, 2.45) is 0 Å². The number of rotatable bonds is 9. The van der Waals surface area contributed by atoms with Crippen molar-refractivity contribution in [1.82, 2.24) is 4.98 Å². The lowest BCUT2D eigenvalue weighted by Crippen LogP contribution is -2.12. The second-order valence-electron chi connectivity index (χ2n) is 7.19. The molecule has 0 bridgehead atoms. The SMILES string of the molecule is Cc1cccc2cc(C(=O)CCCCCCC(=O)Nc3ccccc3N)[nH]c12. The number of hydrogen-bond acceptors (Lipinski definition) is 3. The summed E-state index contributed by atoms with van der Waals surface area (Å²) in [7, 11) is 0. The van der Waals surface area contributed by atoms with Gasteiger partial charge in [-0.2, -0.15) is 0 Å². The number of nitrogen functional groups attached to an aromatic ring is 1. The van der Waals surface area contributed by atoms with Crippen LogP contribution in [0.3, 0.4) is 0 Å². The zero-order chi connectivity index (χ0) is 19.9. The van der Waals surface area contributed by atoms with E-state index in [9.17, 15) is 9.59 Å². The highest BCUT2D eigenvalue weighted by atomic mass is 16.1. The number of unbranched alkanes of at least 4 members (excludes halogenated alkanes) is 3. The molecule has 0 radical (unpaired) electrons. The summed E-state index contributed by atoms with van der Waals surface area (Å²) < 4.78 is 0. The lowest BCUT2D eigenvalue weighted by atomic mass is 10.1. The normalized spacial score (nSPS) is 10.9. The van der Waals surface area contributed by atoms with Gasteiger partial charge in [-0.05, 0) is 43.5 Å². The van der Waals surface area contributed by atoms with E-state index in [1.807, 2.05) is 43.3 Å². The molecule has 1 heterocycles. The van der Waals surface area contributed by atoms with Crippen molar-refractivity contribution in [2.75, 3.05) is 11.1 Å². The Hall–Kier alpha value is -3.08. The number of fused-ring (bicyclic) bond motifs is 1. The topological polar surface area (TPSA) is 88.0 Å². The maximum atomic E-state index is 12.4. The van der Waals surface area contributed by atoms with E-state index in [0.29, 0.717) is 29.9 Å². The van der Waals surface area contributed by atoms with E-state index in [1.165, 1.54) is 0 Å². The Morgan fingerprint density at radius 1 is 0.964 bits per heavy atom. The highest BCUT2D eigenvalue weighted by molar-refractivity contribution is 6.00. The Labute approximate surface area is 165 Å². The largest absolute Gasteiger partial charge is 0.397 e. The van der Waals surface area contributed by atoms with Crippen LogP contribution in [0.2, 0.25) is 0 Å². The summed E-state index contributed by atoms with van der Waals surface area (Å²) in [6.07, 6.45) is 4.49. The molecule has 0 aliphatic rings. The monoisotopic (exact) mass is 377 g/mol. The Morgan fingerprint density at radius 2 is 1.71 bits per heavy atom. The number of carbonyl (C=O) groups excluding carboxylic acids is 2. The molecular formula is C23H27N3O2. The first kappa shape index (κ1) is 19.7. The molecule has 28 heavy (non-hydrogen) atoms. The van der Waals surface area contributed by atoms with Crippen LogP contribution < -0.4 is 11.1 Å². The minimum Gasteiger partial charge on any atom is -0.397 e. The summed E-state index contributed by atoms with van der Waals surface area (Å²) >= 11 is 0. The van der Waals surface area contributed by atoms with Gasteiger partial charge in [0.2, 0.25) is 5.91 Å². The summed E-state index contributed by atoms with van der Waals surface area (Å²) in [6, 6.07) is 15.2. The Morgan fingerprint density at radius 3 is 2.46 bits per heavy atom. The highest BCUT2D eigenvalue weighted by Crippen LogP contribution is 2.21. The van der Waals surface area contributed by atoms with Crippen LogP contribution in [0.5, 0.6) is 0 Å². The number of para-hydroxylation sites is 3. The lowest BCUT2D eigenvalue weighted by Gasteiger charge is -2.07. The predicted molar refractivity (Wildman–Crippen MR) is 115 cm³/mol. The Balaban J connectivity index is 1.35. The van der Waals surface area contributed by atoms with Crippen LogP contribution in [0.4, 0.5) is 11.4 Å². The third-order valence-corrected chi connectivity index (χ3v) is 4.96. The summed E-state index contributed by atoms with van der Waals surface area (Å²) in [5.41, 5.74) is 9.92. The molecule has 0 atom stereocenters. The van der Waals surface area contributed by atoms with E-state index >= 15 is 0 Å². The number of aromatic nitrogens is 1. The van der Waals surface area contributed by atoms with Gasteiger partial charge in [-0.1, -0.05) is 43.2 Å². The number of ketones is 1. The fourth-order valence-electron chi connectivity index (χ4n) is 3.34. The molecule has 146 valence electrons. The van der Waals surface area contributed by atoms with Crippen LogP contribution >= 0.6 is 0 Å². The minimum absolute atomic E-state index is 0.0255. The number of anilines is 2. The quantitative estimate of drug-likeness (QED) is 0.271. The molecule has 3 rings (SSSR count). The zero-order valence-electron chi connectivity index (χ0n) is 16.3. The number of amides is 1. The Kier molecular flexibility index (Phi) is 6.48. The molecule has 1 amide bonds. The van der Waals surface area contributed by atoms with Crippen LogP contribution in [0.15, 0.2) is 48.5 Å². The van der Waals surface area contributed by atoms with E-state index < -0.39 is 0 Å². The van der Waals surface area contributed by atoms with Crippen molar-refractivity contribution in [3.05, 3.63) is 59.8 Å². The van der Waals surface area contributed by atoms with Crippen molar-refractivity contribution < 1.29 is 9.59 Å². The number of aryl methyl sites for hydroxylation is 1. The number of carbonyl (C=O) groups is 2. The third-order valence-electron chi connectivity index (χ3n) is 4.96. The number of benzene rings is 2. The fourth-order valence-corrected chi connectivity index (χ4v) is 3.34. The van der Waals surface area contributed by atoms with Gasteiger partial charge in [0.05, 0.1) is 17.1 Å². The van der Waals surface area contributed by atoms with E-state index in [4.69, 9.17) is 5.73 Å². The lowest BCUT2D eigenvalue weighted by molar-refractivity contribution is -0.116. The first-order valence-electron chi connectivity index (χ1n) is 9.80. The average Bonchev–Trinajstić information content (AvgIpc) is 3.12. The number of H-pyrrole nitrogens is 1. The van der Waals surface area contributed by atoms with Crippen LogP contribution in [0.25, 0.3) is 10.9 Å². The van der Waals surface area contributed by atoms with Gasteiger partial charge in [0.1, 0.15) is 0 Å². The van der Waals surface area contributed by atoms with Crippen LogP contribution in [0, 0.1) is 6.92 Å². The van der Waals surface area contributed by atoms with Gasteiger partial charge in [-0.3, -0.25) is 9.59 Å². The molecule has 5 heteroatoms. The van der Waals surface area contributed by atoms with Gasteiger partial charge in [-0.15, -0.1) is 0 Å². The third kappa shape index (κ3) is 5.00. The zero-order valence-corrected chi connectivity index (χ0v) is 16.3. The fraction of sp³-hybridized carbons (Fsp3) is 0.304. The summed E-state index contributed by atoms with van der Waals surface area (Å²) in [5.74, 6) is 0.121. The second kappa shape index (κ2) is 9.22. The van der Waals surface area contributed by atoms with E-state index in [1.54, 1.807) is 12.1 Å². The number of nitrogens with two attached hydrogens (primary N) is 1. The van der Waals surface area contributed by atoms with Crippen LogP contribution in [-0.2, 0) is 4.79 Å². The van der Waals surface area contributed by atoms with Gasteiger partial charge in [-0.25, -0.2) is 0 Å². The summed E-state index contributed by atoms with van der Waals surface area (Å²) in [6.45, 7) is 2.04. The Bertz CT molecular complexity index is 975. The van der Waals surface area contributed by atoms with E-state index in [-0.39, 0.29) is 11.7 Å². The number of aromatic amines is 1. The molecule has 0 spiro atoms. The maximum Gasteiger partial charge on any atom is 0.224 e. The standard InChI is InChI=1S/C23H27N3O2/c1-16-9-8-10-17-15-20(26-23(16)17)21(27)13-4-2-3-5-14-22(28)25-19-12-7-6-11-18(19)24/h6-12,15,26H,2-5,13-14,24H2,1H3,(H,25,28). The maximum absolute atomic E-state index is 12.4. The molecule has 4 N–H and O–H groups in total. The molecule has 2 aromatic carbocycles. The molecule has 5 nitrogen and oxygen atoms in total. The van der Waals surface area contributed by atoms with Gasteiger partial charge >= 0.3 is 0 Å². The molecule has 0 aliphatic carbocycles. The predicted octanol–water partition coefficient (Wildman–Crippen LogP) is 5.22. The molecule has 1 aromatic heterocycles. The molecule has 0 fully saturated rings. The van der Waals surface area contributed by atoms with Crippen molar-refractivity contribution >= 4 is 34.0 Å². The summed E-state index contributed by atoms with van der Waals surface area (Å²) in [5, 5.41) is 3.91. The first-order valence-corrected chi connectivity index (χ1v) is 9.80. The molecule has 0 saturated heterocycles. The second-order valence-corrected chi connectivity index (χ2v) is 7.19. The minimum atomic E-state index is -0.0255. The molecule has 3 aromatic rings. The number of hydrogen-bond donors (Lipinski definition) is 3.